The molecule has 3 rings (SSSR count). The van der Waals surface area contributed by atoms with Gasteiger partial charge in [0.05, 0.1) is 23.9 Å². The number of nitrogens with zero attached hydrogens (tertiary/aromatic N) is 2. The molecule has 168 valence electrons. The number of nitrogens with one attached hydrogen (secondary N) is 1. The number of hydrogen-bond donors (Lipinski definition) is 1. The second-order valence-corrected chi connectivity index (χ2v) is 7.93. The maximum absolute atomic E-state index is 13.0. The van der Waals surface area contributed by atoms with Crippen LogP contribution < -0.4 is 5.32 Å². The number of benzene rings is 2. The Morgan fingerprint density at radius 2 is 1.88 bits per heavy atom. The summed E-state index contributed by atoms with van der Waals surface area (Å²) >= 11 is 0.978. The van der Waals surface area contributed by atoms with Crippen molar-refractivity contribution in [2.75, 3.05) is 19.5 Å². The molecule has 2 amide bonds. The Kier molecular flexibility index (Phi) is 6.87. The zero-order valence-corrected chi connectivity index (χ0v) is 17.8. The number of carbonyl (C=O) groups is 3. The molecule has 11 heteroatoms. The number of esters is 1. The average Bonchev–Trinajstić information content (AvgIpc) is 2.76. The summed E-state index contributed by atoms with van der Waals surface area (Å²) < 4.78 is 43.5. The summed E-state index contributed by atoms with van der Waals surface area (Å²) in [4.78, 5) is 41.9. The van der Waals surface area contributed by atoms with Gasteiger partial charge < -0.3 is 10.1 Å². The lowest BCUT2D eigenvalue weighted by atomic mass is 10.2. The van der Waals surface area contributed by atoms with Gasteiger partial charge in [0.25, 0.3) is 0 Å². The zero-order valence-electron chi connectivity index (χ0n) is 17.0. The third-order valence-electron chi connectivity index (χ3n) is 4.53. The van der Waals surface area contributed by atoms with Crippen LogP contribution in [0.4, 0.5) is 24.5 Å². The fourth-order valence-corrected chi connectivity index (χ4v) is 3.85. The SMILES string of the molecule is COC(=O)c1ccc(NC(=O)[C@@H]2CC(=O)N(C)C(=Nc3cccc(C(F)(F)F)c3)S2)cc1. The van der Waals surface area contributed by atoms with Gasteiger partial charge in [-0.2, -0.15) is 13.2 Å². The van der Waals surface area contributed by atoms with Gasteiger partial charge in [0, 0.05) is 19.2 Å². The first-order valence-electron chi connectivity index (χ1n) is 9.27. The Bertz CT molecular complexity index is 1070. The predicted molar refractivity (Wildman–Crippen MR) is 114 cm³/mol. The predicted octanol–water partition coefficient (Wildman–Crippen LogP) is 4.08. The number of amidine groups is 1. The lowest BCUT2D eigenvalue weighted by molar-refractivity contribution is -0.137. The summed E-state index contributed by atoms with van der Waals surface area (Å²) in [6, 6.07) is 10.4. The molecule has 1 aliphatic heterocycles. The molecule has 1 aliphatic rings. The third kappa shape index (κ3) is 5.47. The van der Waals surface area contributed by atoms with Gasteiger partial charge in [-0.25, -0.2) is 9.79 Å². The van der Waals surface area contributed by atoms with Gasteiger partial charge in [-0.3, -0.25) is 14.5 Å². The van der Waals surface area contributed by atoms with E-state index in [1.54, 1.807) is 0 Å². The third-order valence-corrected chi connectivity index (χ3v) is 5.77. The lowest BCUT2D eigenvalue weighted by Crippen LogP contribution is -2.43. The summed E-state index contributed by atoms with van der Waals surface area (Å²) in [5, 5.41) is 1.94. The van der Waals surface area contributed by atoms with Crippen LogP contribution in [-0.2, 0) is 20.5 Å². The topological polar surface area (TPSA) is 88.1 Å². The fourth-order valence-electron chi connectivity index (χ4n) is 2.79. The van der Waals surface area contributed by atoms with E-state index in [0.717, 1.165) is 23.9 Å². The van der Waals surface area contributed by atoms with Gasteiger partial charge in [0.15, 0.2) is 5.17 Å². The van der Waals surface area contributed by atoms with E-state index in [4.69, 9.17) is 0 Å². The Morgan fingerprint density at radius 3 is 2.50 bits per heavy atom. The first-order valence-corrected chi connectivity index (χ1v) is 10.1. The highest BCUT2D eigenvalue weighted by Crippen LogP contribution is 2.33. The molecule has 0 aliphatic carbocycles. The number of ether oxygens (including phenoxy) is 1. The Balaban J connectivity index is 1.76. The minimum absolute atomic E-state index is 0.0152. The van der Waals surface area contributed by atoms with Gasteiger partial charge in [-0.05, 0) is 42.5 Å². The molecule has 1 fully saturated rings. The van der Waals surface area contributed by atoms with E-state index >= 15 is 0 Å². The van der Waals surface area contributed by atoms with Crippen LogP contribution >= 0.6 is 11.8 Å². The van der Waals surface area contributed by atoms with Crippen LogP contribution in [0.25, 0.3) is 0 Å². The number of rotatable bonds is 4. The minimum Gasteiger partial charge on any atom is -0.465 e. The van der Waals surface area contributed by atoms with Gasteiger partial charge >= 0.3 is 12.1 Å². The molecule has 0 unspecified atom stereocenters. The average molecular weight is 465 g/mol. The molecule has 0 saturated carbocycles. The largest absolute Gasteiger partial charge is 0.465 e. The van der Waals surface area contributed by atoms with E-state index in [2.05, 4.69) is 15.0 Å². The summed E-state index contributed by atoms with van der Waals surface area (Å²) in [6.45, 7) is 0. The highest BCUT2D eigenvalue weighted by atomic mass is 32.2. The monoisotopic (exact) mass is 465 g/mol. The van der Waals surface area contributed by atoms with Crippen LogP contribution in [0.5, 0.6) is 0 Å². The fraction of sp³-hybridized carbons (Fsp3) is 0.238. The van der Waals surface area contributed by atoms with Crippen molar-refractivity contribution in [2.24, 2.45) is 4.99 Å². The van der Waals surface area contributed by atoms with E-state index in [1.807, 2.05) is 0 Å². The summed E-state index contributed by atoms with van der Waals surface area (Å²) in [7, 11) is 2.70. The highest BCUT2D eigenvalue weighted by Gasteiger charge is 2.34. The lowest BCUT2D eigenvalue weighted by Gasteiger charge is -2.28. The normalized spacial score (nSPS) is 17.9. The minimum atomic E-state index is -4.52. The molecule has 0 bridgehead atoms. The van der Waals surface area contributed by atoms with Crippen LogP contribution in [-0.4, -0.2) is 47.3 Å². The number of methoxy groups -OCH3 is 1. The molecule has 0 radical (unpaired) electrons. The van der Waals surface area contributed by atoms with E-state index in [1.165, 1.54) is 55.5 Å². The standard InChI is InChI=1S/C21H18F3N3O4S/c1-27-17(28)11-16(18(29)25-14-8-6-12(7-9-14)19(30)31-2)32-20(27)26-15-5-3-4-13(10-15)21(22,23)24/h3-10,16H,11H2,1-2H3,(H,25,29)/t16-/m0/s1. The van der Waals surface area contributed by atoms with Gasteiger partial charge in [0.2, 0.25) is 11.8 Å². The van der Waals surface area contributed by atoms with Crippen molar-refractivity contribution < 1.29 is 32.3 Å². The van der Waals surface area contributed by atoms with E-state index in [9.17, 15) is 27.6 Å². The molecule has 0 aromatic heterocycles. The Labute approximate surface area is 185 Å². The number of halogens is 3. The van der Waals surface area contributed by atoms with Gasteiger partial charge in [0.1, 0.15) is 5.25 Å². The number of alkyl halides is 3. The maximum atomic E-state index is 13.0. The second-order valence-electron chi connectivity index (χ2n) is 6.76. The number of amides is 2. The van der Waals surface area contributed by atoms with Crippen LogP contribution in [0.2, 0.25) is 0 Å². The van der Waals surface area contributed by atoms with Crippen LogP contribution in [0.1, 0.15) is 22.3 Å². The van der Waals surface area contributed by atoms with Crippen molar-refractivity contribution in [2.45, 2.75) is 17.8 Å². The number of anilines is 1. The molecule has 1 heterocycles. The second kappa shape index (κ2) is 9.43. The summed E-state index contributed by atoms with van der Waals surface area (Å²) in [5.74, 6) is -1.38. The van der Waals surface area contributed by atoms with Gasteiger partial charge in [-0.15, -0.1) is 0 Å². The van der Waals surface area contributed by atoms with Crippen LogP contribution in [0.15, 0.2) is 53.5 Å². The molecule has 7 nitrogen and oxygen atoms in total. The van der Waals surface area contributed by atoms with E-state index in [-0.39, 0.29) is 17.3 Å². The Hall–Kier alpha value is -3.34. The van der Waals surface area contributed by atoms with Gasteiger partial charge in [-0.1, -0.05) is 17.8 Å². The van der Waals surface area contributed by atoms with Crippen LogP contribution in [0, 0.1) is 0 Å². The summed E-state index contributed by atoms with van der Waals surface area (Å²) in [6.07, 6.45) is -4.63. The van der Waals surface area contributed by atoms with Crippen molar-refractivity contribution in [1.82, 2.24) is 4.90 Å². The Morgan fingerprint density at radius 1 is 1.19 bits per heavy atom. The van der Waals surface area contributed by atoms with Crippen molar-refractivity contribution in [3.63, 3.8) is 0 Å². The zero-order chi connectivity index (χ0) is 23.5. The summed E-state index contributed by atoms with van der Waals surface area (Å²) in [5.41, 5.74) is -0.129. The molecule has 2 aromatic carbocycles. The van der Waals surface area contributed by atoms with Crippen molar-refractivity contribution >= 4 is 46.1 Å². The quantitative estimate of drug-likeness (QED) is 0.688. The smallest absolute Gasteiger partial charge is 0.416 e. The molecular formula is C21H18F3N3O4S. The number of hydrogen-bond acceptors (Lipinski definition) is 6. The maximum Gasteiger partial charge on any atom is 0.416 e. The van der Waals surface area contributed by atoms with Crippen molar-refractivity contribution in [3.05, 3.63) is 59.7 Å². The molecule has 32 heavy (non-hydrogen) atoms. The molecule has 2 aromatic rings. The molecule has 1 N–H and O–H groups in total. The van der Waals surface area contributed by atoms with Crippen LogP contribution in [0.3, 0.4) is 0 Å². The molecular weight excluding hydrogens is 447 g/mol. The first-order chi connectivity index (χ1) is 15.1. The molecule has 1 saturated heterocycles. The van der Waals surface area contributed by atoms with Crippen molar-refractivity contribution in [1.29, 1.82) is 0 Å². The number of aliphatic imine (C=N–C) groups is 1. The van der Waals surface area contributed by atoms with Crippen molar-refractivity contribution in [3.8, 4) is 0 Å². The van der Waals surface area contributed by atoms with E-state index in [0.29, 0.717) is 11.3 Å². The molecule has 0 spiro atoms. The first kappa shape index (κ1) is 23.3. The number of carbonyl (C=O) groups excluding carboxylic acids is 3. The highest BCUT2D eigenvalue weighted by molar-refractivity contribution is 8.15. The molecule has 1 atom stereocenters. The van der Waals surface area contributed by atoms with E-state index < -0.39 is 34.8 Å². The number of thioether (sulfide) groups is 1.